The summed E-state index contributed by atoms with van der Waals surface area (Å²) in [5, 5.41) is 13.2. The van der Waals surface area contributed by atoms with E-state index in [1.807, 2.05) is 0 Å². The van der Waals surface area contributed by atoms with Crippen LogP contribution in [-0.2, 0) is 28.4 Å². The number of hydrogen-bond acceptors (Lipinski definition) is 11. The first-order valence-electron chi connectivity index (χ1n) is 12.4. The van der Waals surface area contributed by atoms with Gasteiger partial charge >= 0.3 is 12.2 Å². The molecule has 1 aromatic carbocycles. The molecule has 0 aliphatic rings. The number of nitro benzene ring substituents is 1. The maximum atomic E-state index is 11.6. The van der Waals surface area contributed by atoms with Crippen LogP contribution < -0.4 is 10.1 Å². The number of carbonyl (C=O) groups excluding carboxylic acids is 2. The number of non-ortho nitro benzene ring substituents is 1. The Bertz CT molecular complexity index is 768. The second-order valence-corrected chi connectivity index (χ2v) is 7.94. The molecule has 0 fully saturated rings. The summed E-state index contributed by atoms with van der Waals surface area (Å²) in [4.78, 5) is 33.1. The fourth-order valence-electron chi connectivity index (χ4n) is 2.71. The molecule has 0 saturated heterocycles. The number of ether oxygens (including phenoxy) is 7. The van der Waals surface area contributed by atoms with Gasteiger partial charge in [0.15, 0.2) is 0 Å². The van der Waals surface area contributed by atoms with Crippen molar-refractivity contribution in [3.05, 3.63) is 34.4 Å². The van der Waals surface area contributed by atoms with Gasteiger partial charge in [0.2, 0.25) is 0 Å². The van der Waals surface area contributed by atoms with Gasteiger partial charge < -0.3 is 38.5 Å². The molecule has 0 saturated carbocycles. The maximum Gasteiger partial charge on any atom is 0.513 e. The summed E-state index contributed by atoms with van der Waals surface area (Å²) in [5.41, 5.74) is -0.116. The molecule has 0 unspecified atom stereocenters. The van der Waals surface area contributed by atoms with E-state index < -0.39 is 17.2 Å². The summed E-state index contributed by atoms with van der Waals surface area (Å²) in [7, 11) is 0. The molecule has 0 heterocycles. The normalized spacial score (nSPS) is 10.7. The molecule has 0 aromatic heterocycles. The highest BCUT2D eigenvalue weighted by Gasteiger charge is 2.09. The van der Waals surface area contributed by atoms with E-state index in [0.29, 0.717) is 38.9 Å². The van der Waals surface area contributed by atoms with Crippen molar-refractivity contribution < 1.29 is 47.7 Å². The fraction of sp³-hybridized carbons (Fsp3) is 0.667. The topological polar surface area (TPSA) is 154 Å². The van der Waals surface area contributed by atoms with Gasteiger partial charge in [0, 0.05) is 31.2 Å². The molecule has 0 spiro atoms. The van der Waals surface area contributed by atoms with Crippen molar-refractivity contribution in [2.75, 3.05) is 78.5 Å². The van der Waals surface area contributed by atoms with Crippen LogP contribution in [0.3, 0.4) is 0 Å². The van der Waals surface area contributed by atoms with Gasteiger partial charge in [-0.15, -0.1) is 11.6 Å². The van der Waals surface area contributed by atoms with Crippen molar-refractivity contribution in [2.45, 2.75) is 25.7 Å². The second-order valence-electron chi connectivity index (χ2n) is 7.57. The number of carbonyl (C=O) groups is 2. The first-order chi connectivity index (χ1) is 18.5. The lowest BCUT2D eigenvalue weighted by molar-refractivity contribution is -0.384. The number of nitrogens with one attached hydrogen (secondary N) is 1. The van der Waals surface area contributed by atoms with E-state index in [1.54, 1.807) is 0 Å². The molecule has 216 valence electrons. The number of nitrogens with zero attached hydrogens (tertiary/aromatic N) is 1. The number of rotatable bonds is 23. The minimum Gasteiger partial charge on any atom is -0.447 e. The van der Waals surface area contributed by atoms with E-state index in [9.17, 15) is 19.7 Å². The Balaban J connectivity index is 1.82. The molecule has 0 radical (unpaired) electrons. The SMILES string of the molecule is O=C(NCCOCCOCCCCCCCl)OCCOCCOCCOC(=O)Oc1ccc([N+](=O)[O-])cc1. The van der Waals surface area contributed by atoms with Gasteiger partial charge in [-0.3, -0.25) is 10.1 Å². The van der Waals surface area contributed by atoms with Crippen LogP contribution in [0, 0.1) is 10.1 Å². The van der Waals surface area contributed by atoms with E-state index in [2.05, 4.69) is 5.32 Å². The third kappa shape index (κ3) is 19.4. The number of unbranched alkanes of at least 4 members (excludes halogenated alkanes) is 3. The van der Waals surface area contributed by atoms with E-state index in [4.69, 9.17) is 44.8 Å². The van der Waals surface area contributed by atoms with Crippen molar-refractivity contribution in [2.24, 2.45) is 0 Å². The van der Waals surface area contributed by atoms with Crippen LogP contribution in [0.2, 0.25) is 0 Å². The van der Waals surface area contributed by atoms with Gasteiger partial charge in [0.25, 0.3) is 5.69 Å². The van der Waals surface area contributed by atoms with Gasteiger partial charge in [-0.25, -0.2) is 9.59 Å². The molecule has 0 aliphatic heterocycles. The van der Waals surface area contributed by atoms with Crippen molar-refractivity contribution in [1.29, 1.82) is 0 Å². The zero-order chi connectivity index (χ0) is 27.7. The summed E-state index contributed by atoms with van der Waals surface area (Å²) in [6, 6.07) is 5.02. The Morgan fingerprint density at radius 2 is 1.29 bits per heavy atom. The number of alkyl halides is 1. The Hall–Kier alpha value is -2.71. The summed E-state index contributed by atoms with van der Waals surface area (Å²) < 4.78 is 36.0. The smallest absolute Gasteiger partial charge is 0.447 e. The number of nitro groups is 1. The van der Waals surface area contributed by atoms with Gasteiger partial charge in [-0.1, -0.05) is 12.8 Å². The molecule has 0 bridgehead atoms. The highest BCUT2D eigenvalue weighted by molar-refractivity contribution is 6.17. The molecule has 1 rings (SSSR count). The molecule has 0 aliphatic carbocycles. The number of amides is 1. The minimum atomic E-state index is -0.949. The van der Waals surface area contributed by atoms with E-state index >= 15 is 0 Å². The zero-order valence-corrected chi connectivity index (χ0v) is 22.2. The standard InChI is InChI=1S/C24H37ClN2O11/c25-9-3-1-2-4-11-32-13-14-33-12-10-26-23(28)36-19-17-34-15-16-35-18-20-37-24(29)38-22-7-5-21(6-8-22)27(30)31/h5-8H,1-4,9-20H2,(H,26,28). The molecular formula is C24H37ClN2O11. The Morgan fingerprint density at radius 1 is 0.737 bits per heavy atom. The Labute approximate surface area is 227 Å². The van der Waals surface area contributed by atoms with Gasteiger partial charge in [-0.2, -0.15) is 0 Å². The zero-order valence-electron chi connectivity index (χ0n) is 21.4. The first-order valence-corrected chi connectivity index (χ1v) is 12.9. The predicted octanol–water partition coefficient (Wildman–Crippen LogP) is 3.70. The van der Waals surface area contributed by atoms with Crippen molar-refractivity contribution in [3.63, 3.8) is 0 Å². The molecule has 1 aromatic rings. The second kappa shape index (κ2) is 23.4. The fourth-order valence-corrected chi connectivity index (χ4v) is 2.90. The van der Waals surface area contributed by atoms with Gasteiger partial charge in [0.05, 0.1) is 51.2 Å². The van der Waals surface area contributed by atoms with Crippen LogP contribution in [-0.4, -0.2) is 95.7 Å². The van der Waals surface area contributed by atoms with Crippen molar-refractivity contribution in [3.8, 4) is 5.75 Å². The monoisotopic (exact) mass is 564 g/mol. The van der Waals surface area contributed by atoms with Crippen LogP contribution in [0.25, 0.3) is 0 Å². The number of alkyl carbamates (subject to hydrolysis) is 1. The van der Waals surface area contributed by atoms with Crippen LogP contribution >= 0.6 is 11.6 Å². The molecule has 13 nitrogen and oxygen atoms in total. The molecular weight excluding hydrogens is 528 g/mol. The van der Waals surface area contributed by atoms with Crippen LogP contribution in [0.5, 0.6) is 5.75 Å². The van der Waals surface area contributed by atoms with Crippen LogP contribution in [0.15, 0.2) is 24.3 Å². The van der Waals surface area contributed by atoms with Crippen molar-refractivity contribution in [1.82, 2.24) is 5.32 Å². The lowest BCUT2D eigenvalue weighted by atomic mass is 10.2. The molecule has 38 heavy (non-hydrogen) atoms. The number of benzene rings is 1. The number of hydrogen-bond donors (Lipinski definition) is 1. The lowest BCUT2D eigenvalue weighted by Crippen LogP contribution is -2.29. The van der Waals surface area contributed by atoms with E-state index in [1.165, 1.54) is 24.3 Å². The highest BCUT2D eigenvalue weighted by atomic mass is 35.5. The Morgan fingerprint density at radius 3 is 1.92 bits per heavy atom. The molecule has 1 amide bonds. The van der Waals surface area contributed by atoms with Crippen molar-refractivity contribution >= 4 is 29.5 Å². The third-order valence-electron chi connectivity index (χ3n) is 4.59. The molecule has 1 N–H and O–H groups in total. The lowest BCUT2D eigenvalue weighted by Gasteiger charge is -2.09. The summed E-state index contributed by atoms with van der Waals surface area (Å²) >= 11 is 5.62. The highest BCUT2D eigenvalue weighted by Crippen LogP contribution is 2.17. The first kappa shape index (κ1) is 33.3. The molecule has 14 heteroatoms. The average molecular weight is 565 g/mol. The maximum absolute atomic E-state index is 11.6. The molecule has 0 atom stereocenters. The van der Waals surface area contributed by atoms with E-state index in [0.717, 1.165) is 25.7 Å². The van der Waals surface area contributed by atoms with E-state index in [-0.39, 0.29) is 51.1 Å². The summed E-state index contributed by atoms with van der Waals surface area (Å²) in [5.74, 6) is 0.832. The average Bonchev–Trinajstić information content (AvgIpc) is 2.90. The number of halogens is 1. The quantitative estimate of drug-likeness (QED) is 0.0516. The summed E-state index contributed by atoms with van der Waals surface area (Å²) in [6.45, 7) is 3.28. The third-order valence-corrected chi connectivity index (χ3v) is 4.86. The Kier molecular flexibility index (Phi) is 20.5. The van der Waals surface area contributed by atoms with Gasteiger partial charge in [0.1, 0.15) is 19.0 Å². The van der Waals surface area contributed by atoms with Crippen LogP contribution in [0.4, 0.5) is 15.3 Å². The summed E-state index contributed by atoms with van der Waals surface area (Å²) in [6.07, 6.45) is 2.79. The largest absolute Gasteiger partial charge is 0.513 e. The van der Waals surface area contributed by atoms with Crippen LogP contribution in [0.1, 0.15) is 25.7 Å². The minimum absolute atomic E-state index is 0.0404. The van der Waals surface area contributed by atoms with Gasteiger partial charge in [-0.05, 0) is 25.0 Å². The predicted molar refractivity (Wildman–Crippen MR) is 137 cm³/mol.